The molecule has 0 saturated carbocycles. The van der Waals surface area contributed by atoms with Crippen molar-refractivity contribution in [3.05, 3.63) is 12.7 Å². The van der Waals surface area contributed by atoms with Gasteiger partial charge in [-0.15, -0.1) is 0 Å². The van der Waals surface area contributed by atoms with E-state index < -0.39 is 11.6 Å². The third-order valence-electron chi connectivity index (χ3n) is 3.02. The Labute approximate surface area is 117 Å². The molecule has 0 N–H and O–H groups in total. The second-order valence-electron chi connectivity index (χ2n) is 5.87. The summed E-state index contributed by atoms with van der Waals surface area (Å²) in [7, 11) is 0. The molecule has 1 saturated heterocycles. The zero-order valence-electron chi connectivity index (χ0n) is 12.1. The lowest BCUT2D eigenvalue weighted by molar-refractivity contribution is -0.163. The van der Waals surface area contributed by atoms with Crippen molar-refractivity contribution in [2.75, 3.05) is 6.54 Å². The number of carbonyl (C=O) groups is 2. The molecule has 20 heavy (non-hydrogen) atoms. The van der Waals surface area contributed by atoms with Crippen molar-refractivity contribution in [1.82, 2.24) is 19.7 Å². The van der Waals surface area contributed by atoms with Crippen LogP contribution in [0.4, 0.5) is 0 Å². The minimum atomic E-state index is -0.541. The number of hydrogen-bond donors (Lipinski definition) is 0. The number of aromatic nitrogens is 3. The number of carbonyl (C=O) groups excluding carboxylic acids is 2. The summed E-state index contributed by atoms with van der Waals surface area (Å²) in [6, 6.07) is -0.481. The molecule has 1 aliphatic heterocycles. The van der Waals surface area contributed by atoms with Gasteiger partial charge in [-0.2, -0.15) is 5.10 Å². The van der Waals surface area contributed by atoms with Crippen molar-refractivity contribution in [3.8, 4) is 0 Å². The summed E-state index contributed by atoms with van der Waals surface area (Å²) < 4.78 is 6.82. The number of ether oxygens (including phenoxy) is 1. The van der Waals surface area contributed by atoms with E-state index in [0.717, 1.165) is 6.42 Å². The van der Waals surface area contributed by atoms with Gasteiger partial charge in [0, 0.05) is 6.54 Å². The summed E-state index contributed by atoms with van der Waals surface area (Å²) in [6.45, 7) is 6.14. The fraction of sp³-hybridized carbons (Fsp3) is 0.692. The van der Waals surface area contributed by atoms with Crippen LogP contribution in [0, 0.1) is 0 Å². The lowest BCUT2D eigenvalue weighted by atomic mass is 10.1. The molecule has 1 fully saturated rings. The standard InChI is InChI=1S/C13H20N4O3/c1-13(2,3)20-12(19)10-5-4-6-17(10)11(18)7-16-9-14-8-15-16/h8-10H,4-7H2,1-3H3/t10-/m1/s1. The zero-order valence-corrected chi connectivity index (χ0v) is 12.1. The molecule has 2 heterocycles. The molecular formula is C13H20N4O3. The Morgan fingerprint density at radius 3 is 2.75 bits per heavy atom. The van der Waals surface area contributed by atoms with E-state index in [-0.39, 0.29) is 18.4 Å². The summed E-state index contributed by atoms with van der Waals surface area (Å²) in [5.74, 6) is -0.467. The molecule has 0 unspecified atom stereocenters. The lowest BCUT2D eigenvalue weighted by Gasteiger charge is -2.27. The van der Waals surface area contributed by atoms with E-state index in [9.17, 15) is 9.59 Å². The van der Waals surface area contributed by atoms with Gasteiger partial charge < -0.3 is 9.64 Å². The molecule has 0 aromatic carbocycles. The first-order valence-electron chi connectivity index (χ1n) is 6.71. The second-order valence-corrected chi connectivity index (χ2v) is 5.87. The average Bonchev–Trinajstić information content (AvgIpc) is 2.96. The summed E-state index contributed by atoms with van der Waals surface area (Å²) in [5.41, 5.74) is -0.541. The normalized spacial score (nSPS) is 19.1. The van der Waals surface area contributed by atoms with Gasteiger partial charge in [-0.3, -0.25) is 4.79 Å². The minimum absolute atomic E-state index is 0.0965. The summed E-state index contributed by atoms with van der Waals surface area (Å²) in [5, 5.41) is 3.90. The van der Waals surface area contributed by atoms with Crippen LogP contribution in [0.3, 0.4) is 0 Å². The van der Waals surface area contributed by atoms with Crippen molar-refractivity contribution in [3.63, 3.8) is 0 Å². The molecule has 1 aliphatic rings. The third kappa shape index (κ3) is 3.55. The van der Waals surface area contributed by atoms with Crippen LogP contribution in [-0.4, -0.2) is 49.7 Å². The van der Waals surface area contributed by atoms with E-state index in [2.05, 4.69) is 10.1 Å². The quantitative estimate of drug-likeness (QED) is 0.758. The first-order chi connectivity index (χ1) is 9.37. The molecule has 0 spiro atoms. The van der Waals surface area contributed by atoms with Gasteiger partial charge in [0.15, 0.2) is 0 Å². The Kier molecular flexibility index (Phi) is 4.06. The van der Waals surface area contributed by atoms with E-state index >= 15 is 0 Å². The van der Waals surface area contributed by atoms with Gasteiger partial charge in [0.25, 0.3) is 0 Å². The summed E-state index contributed by atoms with van der Waals surface area (Å²) in [6.07, 6.45) is 4.32. The maximum atomic E-state index is 12.2. The Bertz CT molecular complexity index is 478. The maximum Gasteiger partial charge on any atom is 0.329 e. The topological polar surface area (TPSA) is 77.3 Å². The predicted octanol–water partition coefficient (Wildman–Crippen LogP) is 0.611. The van der Waals surface area contributed by atoms with Crippen LogP contribution >= 0.6 is 0 Å². The van der Waals surface area contributed by atoms with E-state index in [4.69, 9.17) is 4.74 Å². The second kappa shape index (κ2) is 5.60. The first-order valence-corrected chi connectivity index (χ1v) is 6.71. The molecule has 110 valence electrons. The van der Waals surface area contributed by atoms with Crippen LogP contribution in [0.25, 0.3) is 0 Å². The van der Waals surface area contributed by atoms with E-state index in [1.54, 1.807) is 4.90 Å². The van der Waals surface area contributed by atoms with Crippen molar-refractivity contribution in [2.24, 2.45) is 0 Å². The Hall–Kier alpha value is -1.92. The predicted molar refractivity (Wildman–Crippen MR) is 70.6 cm³/mol. The van der Waals surface area contributed by atoms with Gasteiger partial charge in [-0.05, 0) is 33.6 Å². The van der Waals surface area contributed by atoms with Crippen molar-refractivity contribution in [1.29, 1.82) is 0 Å². The van der Waals surface area contributed by atoms with Crippen molar-refractivity contribution in [2.45, 2.75) is 51.8 Å². The van der Waals surface area contributed by atoms with E-state index in [1.807, 2.05) is 20.8 Å². The molecule has 1 amide bonds. The van der Waals surface area contributed by atoms with E-state index in [0.29, 0.717) is 13.0 Å². The van der Waals surface area contributed by atoms with Crippen LogP contribution in [0.1, 0.15) is 33.6 Å². The highest BCUT2D eigenvalue weighted by Gasteiger charge is 2.36. The lowest BCUT2D eigenvalue weighted by Crippen LogP contribution is -2.44. The van der Waals surface area contributed by atoms with Gasteiger partial charge in [-0.1, -0.05) is 0 Å². The molecular weight excluding hydrogens is 260 g/mol. The molecule has 0 aliphatic carbocycles. The van der Waals surface area contributed by atoms with E-state index in [1.165, 1.54) is 17.3 Å². The van der Waals surface area contributed by atoms with Crippen LogP contribution in [0.5, 0.6) is 0 Å². The van der Waals surface area contributed by atoms with Gasteiger partial charge in [0.1, 0.15) is 30.8 Å². The number of likely N-dealkylation sites (tertiary alicyclic amines) is 1. The number of hydrogen-bond acceptors (Lipinski definition) is 5. The number of esters is 1. The minimum Gasteiger partial charge on any atom is -0.458 e. The van der Waals surface area contributed by atoms with Gasteiger partial charge in [-0.25, -0.2) is 14.5 Å². The van der Waals surface area contributed by atoms with Crippen LogP contribution in [0.2, 0.25) is 0 Å². The fourth-order valence-corrected chi connectivity index (χ4v) is 2.22. The Morgan fingerprint density at radius 1 is 1.40 bits per heavy atom. The van der Waals surface area contributed by atoms with Crippen molar-refractivity contribution < 1.29 is 14.3 Å². The molecule has 7 heteroatoms. The number of nitrogens with zero attached hydrogens (tertiary/aromatic N) is 4. The number of amides is 1. The highest BCUT2D eigenvalue weighted by Crippen LogP contribution is 2.21. The van der Waals surface area contributed by atoms with Crippen LogP contribution in [-0.2, 0) is 20.9 Å². The molecule has 1 aromatic heterocycles. The Morgan fingerprint density at radius 2 is 2.15 bits per heavy atom. The summed E-state index contributed by atoms with van der Waals surface area (Å²) in [4.78, 5) is 29.7. The fourth-order valence-electron chi connectivity index (χ4n) is 2.22. The average molecular weight is 280 g/mol. The third-order valence-corrected chi connectivity index (χ3v) is 3.02. The van der Waals surface area contributed by atoms with Crippen LogP contribution < -0.4 is 0 Å². The number of rotatable bonds is 3. The molecule has 0 bridgehead atoms. The van der Waals surface area contributed by atoms with Crippen molar-refractivity contribution >= 4 is 11.9 Å². The zero-order chi connectivity index (χ0) is 14.8. The molecule has 2 rings (SSSR count). The smallest absolute Gasteiger partial charge is 0.329 e. The monoisotopic (exact) mass is 280 g/mol. The van der Waals surface area contributed by atoms with Crippen LogP contribution in [0.15, 0.2) is 12.7 Å². The maximum absolute atomic E-state index is 12.2. The van der Waals surface area contributed by atoms with Gasteiger partial charge in [0.2, 0.25) is 5.91 Å². The van der Waals surface area contributed by atoms with Gasteiger partial charge >= 0.3 is 5.97 Å². The van der Waals surface area contributed by atoms with Gasteiger partial charge in [0.05, 0.1) is 0 Å². The largest absolute Gasteiger partial charge is 0.458 e. The molecule has 0 radical (unpaired) electrons. The highest BCUT2D eigenvalue weighted by atomic mass is 16.6. The SMILES string of the molecule is CC(C)(C)OC(=O)[C@H]1CCCN1C(=O)Cn1cncn1. The molecule has 1 atom stereocenters. The first kappa shape index (κ1) is 14.5. The summed E-state index contributed by atoms with van der Waals surface area (Å²) >= 11 is 0. The highest BCUT2D eigenvalue weighted by molar-refractivity contribution is 5.85. The Balaban J connectivity index is 1.99. The molecule has 7 nitrogen and oxygen atoms in total. The molecule has 1 aromatic rings.